The Hall–Kier alpha value is -0.900. The lowest BCUT2D eigenvalue weighted by Gasteiger charge is -2.32. The van der Waals surface area contributed by atoms with Crippen LogP contribution in [0.1, 0.15) is 31.5 Å². The Balaban J connectivity index is 2.07. The van der Waals surface area contributed by atoms with Crippen molar-refractivity contribution in [1.82, 2.24) is 9.55 Å². The lowest BCUT2D eigenvalue weighted by Crippen LogP contribution is -2.40. The SMILES string of the molecule is Cn1ccnc1CC1(F)CCCC(N)C1. The van der Waals surface area contributed by atoms with Crippen molar-refractivity contribution < 1.29 is 4.39 Å². The number of alkyl halides is 1. The topological polar surface area (TPSA) is 43.8 Å². The first-order valence-corrected chi connectivity index (χ1v) is 5.50. The highest BCUT2D eigenvalue weighted by atomic mass is 19.1. The van der Waals surface area contributed by atoms with Gasteiger partial charge in [-0.2, -0.15) is 0 Å². The van der Waals surface area contributed by atoms with E-state index in [0.29, 0.717) is 19.3 Å². The monoisotopic (exact) mass is 211 g/mol. The molecule has 15 heavy (non-hydrogen) atoms. The summed E-state index contributed by atoms with van der Waals surface area (Å²) in [6, 6.07) is 0.0176. The molecule has 1 heterocycles. The minimum Gasteiger partial charge on any atom is -0.338 e. The smallest absolute Gasteiger partial charge is 0.119 e. The van der Waals surface area contributed by atoms with Gasteiger partial charge in [0.2, 0.25) is 0 Å². The van der Waals surface area contributed by atoms with Crippen LogP contribution in [0.2, 0.25) is 0 Å². The average Bonchev–Trinajstić information content (AvgIpc) is 2.50. The molecule has 1 aliphatic carbocycles. The van der Waals surface area contributed by atoms with Gasteiger partial charge in [-0.3, -0.25) is 0 Å². The van der Waals surface area contributed by atoms with E-state index in [4.69, 9.17) is 5.73 Å². The molecule has 0 radical (unpaired) electrons. The number of nitrogens with two attached hydrogens (primary N) is 1. The molecule has 3 nitrogen and oxygen atoms in total. The Morgan fingerprint density at radius 2 is 2.53 bits per heavy atom. The van der Waals surface area contributed by atoms with Crippen molar-refractivity contribution in [3.63, 3.8) is 0 Å². The highest BCUT2D eigenvalue weighted by molar-refractivity contribution is 5.01. The zero-order valence-corrected chi connectivity index (χ0v) is 9.12. The van der Waals surface area contributed by atoms with Crippen molar-refractivity contribution in [1.29, 1.82) is 0 Å². The fourth-order valence-electron chi connectivity index (χ4n) is 2.37. The van der Waals surface area contributed by atoms with Crippen molar-refractivity contribution in [3.8, 4) is 0 Å². The number of aryl methyl sites for hydroxylation is 1. The largest absolute Gasteiger partial charge is 0.338 e. The lowest BCUT2D eigenvalue weighted by molar-refractivity contribution is 0.0934. The Morgan fingerprint density at radius 1 is 1.73 bits per heavy atom. The highest BCUT2D eigenvalue weighted by Crippen LogP contribution is 2.33. The predicted octanol–water partition coefficient (Wildman–Crippen LogP) is 1.57. The molecule has 84 valence electrons. The summed E-state index contributed by atoms with van der Waals surface area (Å²) in [5.74, 6) is 0.812. The molecule has 2 atom stereocenters. The Morgan fingerprint density at radius 3 is 3.13 bits per heavy atom. The maximum absolute atomic E-state index is 14.4. The van der Waals surface area contributed by atoms with Crippen LogP contribution < -0.4 is 5.73 Å². The molecule has 2 N–H and O–H groups in total. The minimum absolute atomic E-state index is 0.0176. The zero-order chi connectivity index (χ0) is 10.9. The van der Waals surface area contributed by atoms with Crippen molar-refractivity contribution in [2.75, 3.05) is 0 Å². The Labute approximate surface area is 89.5 Å². The van der Waals surface area contributed by atoms with E-state index in [1.54, 1.807) is 6.20 Å². The summed E-state index contributed by atoms with van der Waals surface area (Å²) < 4.78 is 16.3. The molecule has 0 aliphatic heterocycles. The molecule has 1 aromatic rings. The van der Waals surface area contributed by atoms with Crippen molar-refractivity contribution in [3.05, 3.63) is 18.2 Å². The Kier molecular flexibility index (Phi) is 2.78. The maximum Gasteiger partial charge on any atom is 0.119 e. The highest BCUT2D eigenvalue weighted by Gasteiger charge is 2.36. The summed E-state index contributed by atoms with van der Waals surface area (Å²) in [7, 11) is 1.90. The zero-order valence-electron chi connectivity index (χ0n) is 9.12. The van der Waals surface area contributed by atoms with Crippen LogP contribution >= 0.6 is 0 Å². The van der Waals surface area contributed by atoms with E-state index in [9.17, 15) is 4.39 Å². The summed E-state index contributed by atoms with van der Waals surface area (Å²) in [6.07, 6.45) is 6.88. The van der Waals surface area contributed by atoms with Crippen LogP contribution in [0.25, 0.3) is 0 Å². The molecule has 1 saturated carbocycles. The molecule has 0 amide bonds. The van der Waals surface area contributed by atoms with Gasteiger partial charge in [0, 0.05) is 31.9 Å². The molecular formula is C11H18FN3. The molecule has 1 aliphatic rings. The van der Waals surface area contributed by atoms with Gasteiger partial charge in [-0.1, -0.05) is 0 Å². The minimum atomic E-state index is -1.14. The third-order valence-electron chi connectivity index (χ3n) is 3.22. The standard InChI is InChI=1S/C11H18FN3/c1-15-6-5-14-10(15)8-11(12)4-2-3-9(13)7-11/h5-6,9H,2-4,7-8,13H2,1H3. The molecule has 0 saturated heterocycles. The number of aromatic nitrogens is 2. The average molecular weight is 211 g/mol. The molecule has 2 unspecified atom stereocenters. The number of imidazole rings is 1. The van der Waals surface area contributed by atoms with Gasteiger partial charge in [0.15, 0.2) is 0 Å². The van der Waals surface area contributed by atoms with E-state index in [-0.39, 0.29) is 6.04 Å². The molecule has 0 bridgehead atoms. The van der Waals surface area contributed by atoms with Gasteiger partial charge in [-0.15, -0.1) is 0 Å². The van der Waals surface area contributed by atoms with Crippen LogP contribution in [-0.2, 0) is 13.5 Å². The summed E-state index contributed by atoms with van der Waals surface area (Å²) in [5.41, 5.74) is 4.67. The maximum atomic E-state index is 14.4. The van der Waals surface area contributed by atoms with E-state index in [2.05, 4.69) is 4.98 Å². The van der Waals surface area contributed by atoms with Crippen LogP contribution in [0.3, 0.4) is 0 Å². The third-order valence-corrected chi connectivity index (χ3v) is 3.22. The van der Waals surface area contributed by atoms with Crippen molar-refractivity contribution in [2.24, 2.45) is 12.8 Å². The number of rotatable bonds is 2. The van der Waals surface area contributed by atoms with Crippen LogP contribution in [0, 0.1) is 0 Å². The molecule has 0 spiro atoms. The van der Waals surface area contributed by atoms with Gasteiger partial charge in [-0.05, 0) is 25.7 Å². The first-order chi connectivity index (χ1) is 7.09. The number of halogens is 1. The van der Waals surface area contributed by atoms with Gasteiger partial charge < -0.3 is 10.3 Å². The van der Waals surface area contributed by atoms with E-state index in [0.717, 1.165) is 18.7 Å². The molecular weight excluding hydrogens is 193 g/mol. The van der Waals surface area contributed by atoms with Gasteiger partial charge in [0.25, 0.3) is 0 Å². The van der Waals surface area contributed by atoms with Crippen LogP contribution in [0.4, 0.5) is 4.39 Å². The predicted molar refractivity (Wildman–Crippen MR) is 57.2 cm³/mol. The van der Waals surface area contributed by atoms with Gasteiger partial charge in [0.05, 0.1) is 0 Å². The van der Waals surface area contributed by atoms with Crippen molar-refractivity contribution >= 4 is 0 Å². The second-order valence-corrected chi connectivity index (χ2v) is 4.64. The molecule has 1 aromatic heterocycles. The molecule has 4 heteroatoms. The van der Waals surface area contributed by atoms with Crippen LogP contribution in [0.5, 0.6) is 0 Å². The molecule has 2 rings (SSSR count). The summed E-state index contributed by atoms with van der Waals surface area (Å²) in [6.45, 7) is 0. The fraction of sp³-hybridized carbons (Fsp3) is 0.727. The first kappa shape index (κ1) is 10.6. The quantitative estimate of drug-likeness (QED) is 0.807. The summed E-state index contributed by atoms with van der Waals surface area (Å²) in [5, 5.41) is 0. The second-order valence-electron chi connectivity index (χ2n) is 4.64. The van der Waals surface area contributed by atoms with Gasteiger partial charge in [0.1, 0.15) is 11.5 Å². The lowest BCUT2D eigenvalue weighted by atomic mass is 9.81. The van der Waals surface area contributed by atoms with E-state index < -0.39 is 5.67 Å². The molecule has 1 fully saturated rings. The first-order valence-electron chi connectivity index (χ1n) is 5.50. The number of hydrogen-bond acceptors (Lipinski definition) is 2. The number of nitrogens with zero attached hydrogens (tertiary/aromatic N) is 2. The Bertz CT molecular complexity index is 336. The third kappa shape index (κ3) is 2.37. The van der Waals surface area contributed by atoms with Crippen LogP contribution in [-0.4, -0.2) is 21.3 Å². The number of hydrogen-bond donors (Lipinski definition) is 1. The molecule has 0 aromatic carbocycles. The van der Waals surface area contributed by atoms with Crippen LogP contribution in [0.15, 0.2) is 12.4 Å². The van der Waals surface area contributed by atoms with Gasteiger partial charge in [-0.25, -0.2) is 9.37 Å². The van der Waals surface area contributed by atoms with E-state index in [1.807, 2.05) is 17.8 Å². The normalized spacial score (nSPS) is 31.8. The van der Waals surface area contributed by atoms with E-state index >= 15 is 0 Å². The second kappa shape index (κ2) is 3.93. The summed E-state index contributed by atoms with van der Waals surface area (Å²) in [4.78, 5) is 4.16. The van der Waals surface area contributed by atoms with E-state index in [1.165, 1.54) is 0 Å². The van der Waals surface area contributed by atoms with Crippen molar-refractivity contribution in [2.45, 2.75) is 43.8 Å². The summed E-state index contributed by atoms with van der Waals surface area (Å²) >= 11 is 0. The van der Waals surface area contributed by atoms with Gasteiger partial charge >= 0.3 is 0 Å². The fourth-order valence-corrected chi connectivity index (χ4v) is 2.37.